The number of para-hydroxylation sites is 1. The predicted octanol–water partition coefficient (Wildman–Crippen LogP) is 2.17. The van der Waals surface area contributed by atoms with Crippen molar-refractivity contribution in [1.29, 1.82) is 5.26 Å². The van der Waals surface area contributed by atoms with Crippen LogP contribution in [-0.4, -0.2) is 68.9 Å². The second-order valence-electron chi connectivity index (χ2n) is 7.85. The first kappa shape index (κ1) is 24.2. The van der Waals surface area contributed by atoms with Crippen molar-refractivity contribution in [3.63, 3.8) is 0 Å². The summed E-state index contributed by atoms with van der Waals surface area (Å²) in [4.78, 5) is 26.1. The van der Waals surface area contributed by atoms with Crippen molar-refractivity contribution in [3.05, 3.63) is 72.3 Å². The van der Waals surface area contributed by atoms with Crippen molar-refractivity contribution in [2.45, 2.75) is 4.90 Å². The molecular weight excluding hydrogens is 470 g/mol. The Balaban J connectivity index is 1.26. The van der Waals surface area contributed by atoms with Crippen molar-refractivity contribution >= 4 is 32.7 Å². The molecule has 0 atom stereocenters. The molecular formula is C25H23N3O6S. The third-order valence-corrected chi connectivity index (χ3v) is 7.55. The van der Waals surface area contributed by atoms with Crippen LogP contribution in [0, 0.1) is 11.3 Å². The van der Waals surface area contributed by atoms with Crippen LogP contribution in [0.3, 0.4) is 0 Å². The number of carbonyl (C=O) groups excluding carboxylic acids is 2. The third-order valence-electron chi connectivity index (χ3n) is 5.66. The van der Waals surface area contributed by atoms with E-state index in [9.17, 15) is 18.0 Å². The summed E-state index contributed by atoms with van der Waals surface area (Å²) in [5.74, 6) is -0.913. The number of hydrogen-bond donors (Lipinski definition) is 0. The quantitative estimate of drug-likeness (QED) is 0.463. The zero-order valence-electron chi connectivity index (χ0n) is 18.8. The molecule has 9 nitrogen and oxygen atoms in total. The SMILES string of the molecule is N#Cc1ccccc1OCC(=O)OCC(=O)N1CCN(S(=O)(=O)c2ccc3ccccc3c2)CC1. The van der Waals surface area contributed by atoms with E-state index < -0.39 is 35.1 Å². The minimum absolute atomic E-state index is 0.142. The molecule has 1 aliphatic rings. The Hall–Kier alpha value is -3.94. The van der Waals surface area contributed by atoms with Gasteiger partial charge in [0.25, 0.3) is 5.91 Å². The van der Waals surface area contributed by atoms with Gasteiger partial charge in [0, 0.05) is 26.2 Å². The van der Waals surface area contributed by atoms with Gasteiger partial charge in [-0.25, -0.2) is 13.2 Å². The summed E-state index contributed by atoms with van der Waals surface area (Å²) in [6.07, 6.45) is 0. The fraction of sp³-hybridized carbons (Fsp3) is 0.240. The summed E-state index contributed by atoms with van der Waals surface area (Å²) in [6.45, 7) is -0.250. The number of amides is 1. The van der Waals surface area contributed by atoms with Crippen LogP contribution in [0.1, 0.15) is 5.56 Å². The number of benzene rings is 3. The summed E-state index contributed by atoms with van der Waals surface area (Å²) in [7, 11) is -3.70. The van der Waals surface area contributed by atoms with Gasteiger partial charge in [-0.3, -0.25) is 4.79 Å². The van der Waals surface area contributed by atoms with Crippen molar-refractivity contribution in [1.82, 2.24) is 9.21 Å². The van der Waals surface area contributed by atoms with Crippen LogP contribution in [0.5, 0.6) is 5.75 Å². The van der Waals surface area contributed by atoms with Crippen LogP contribution in [0.15, 0.2) is 71.6 Å². The van der Waals surface area contributed by atoms with Crippen LogP contribution >= 0.6 is 0 Å². The molecule has 4 rings (SSSR count). The Labute approximate surface area is 203 Å². The molecule has 1 amide bonds. The summed E-state index contributed by atoms with van der Waals surface area (Å²) in [5, 5.41) is 10.8. The molecule has 1 saturated heterocycles. The molecule has 0 saturated carbocycles. The molecule has 0 bridgehead atoms. The fourth-order valence-corrected chi connectivity index (χ4v) is 5.21. The maximum absolute atomic E-state index is 13.1. The number of hydrogen-bond acceptors (Lipinski definition) is 7. The lowest BCUT2D eigenvalue weighted by molar-refractivity contribution is -0.154. The number of esters is 1. The van der Waals surface area contributed by atoms with Gasteiger partial charge in [-0.2, -0.15) is 9.57 Å². The number of ether oxygens (including phenoxy) is 2. The monoisotopic (exact) mass is 493 g/mol. The highest BCUT2D eigenvalue weighted by Crippen LogP contribution is 2.23. The van der Waals surface area contributed by atoms with E-state index in [1.54, 1.807) is 42.5 Å². The van der Waals surface area contributed by atoms with E-state index in [0.717, 1.165) is 10.8 Å². The van der Waals surface area contributed by atoms with Crippen molar-refractivity contribution < 1.29 is 27.5 Å². The van der Waals surface area contributed by atoms with Crippen LogP contribution < -0.4 is 4.74 Å². The summed E-state index contributed by atoms with van der Waals surface area (Å²) in [6, 6.07) is 21.0. The van der Waals surface area contributed by atoms with Gasteiger partial charge < -0.3 is 14.4 Å². The van der Waals surface area contributed by atoms with E-state index in [2.05, 4.69) is 0 Å². The number of piperazine rings is 1. The van der Waals surface area contributed by atoms with E-state index in [-0.39, 0.29) is 42.4 Å². The Kier molecular flexibility index (Phi) is 7.29. The number of nitriles is 1. The average Bonchev–Trinajstić information content (AvgIpc) is 2.90. The van der Waals surface area contributed by atoms with Crippen molar-refractivity contribution in [2.75, 3.05) is 39.4 Å². The maximum atomic E-state index is 13.1. The molecule has 180 valence electrons. The van der Waals surface area contributed by atoms with E-state index >= 15 is 0 Å². The minimum Gasteiger partial charge on any atom is -0.481 e. The molecule has 0 unspecified atom stereocenters. The first-order valence-corrected chi connectivity index (χ1v) is 12.4. The molecule has 1 aliphatic heterocycles. The largest absolute Gasteiger partial charge is 0.481 e. The molecule has 0 aromatic heterocycles. The van der Waals surface area contributed by atoms with Crippen molar-refractivity contribution in [2.24, 2.45) is 0 Å². The molecule has 1 fully saturated rings. The highest BCUT2D eigenvalue weighted by Gasteiger charge is 2.30. The van der Waals surface area contributed by atoms with Crippen LogP contribution in [-0.2, 0) is 24.3 Å². The van der Waals surface area contributed by atoms with Crippen molar-refractivity contribution in [3.8, 4) is 11.8 Å². The third kappa shape index (κ3) is 5.59. The molecule has 3 aromatic rings. The number of rotatable bonds is 7. The number of sulfonamides is 1. The van der Waals surface area contributed by atoms with Crippen LogP contribution in [0.25, 0.3) is 10.8 Å². The minimum atomic E-state index is -3.70. The number of fused-ring (bicyclic) bond motifs is 1. The molecule has 0 aliphatic carbocycles. The molecule has 3 aromatic carbocycles. The zero-order valence-corrected chi connectivity index (χ0v) is 19.6. The Bertz CT molecular complexity index is 1390. The molecule has 1 heterocycles. The summed E-state index contributed by atoms with van der Waals surface area (Å²) in [5.41, 5.74) is 0.285. The highest BCUT2D eigenvalue weighted by molar-refractivity contribution is 7.89. The summed E-state index contributed by atoms with van der Waals surface area (Å²) < 4.78 is 37.8. The predicted molar refractivity (Wildman–Crippen MR) is 127 cm³/mol. The fourth-order valence-electron chi connectivity index (χ4n) is 3.75. The van der Waals surface area contributed by atoms with Gasteiger partial charge in [0.15, 0.2) is 13.2 Å². The number of nitrogens with zero attached hydrogens (tertiary/aromatic N) is 3. The number of carbonyl (C=O) groups is 2. The summed E-state index contributed by atoms with van der Waals surface area (Å²) >= 11 is 0. The van der Waals surface area contributed by atoms with E-state index in [4.69, 9.17) is 14.7 Å². The van der Waals surface area contributed by atoms with Crippen LogP contribution in [0.4, 0.5) is 0 Å². The van der Waals surface area contributed by atoms with E-state index in [1.165, 1.54) is 9.21 Å². The van der Waals surface area contributed by atoms with Gasteiger partial charge in [-0.05, 0) is 35.0 Å². The second kappa shape index (κ2) is 10.5. The van der Waals surface area contributed by atoms with Crippen LogP contribution in [0.2, 0.25) is 0 Å². The second-order valence-corrected chi connectivity index (χ2v) is 9.79. The molecule has 35 heavy (non-hydrogen) atoms. The lowest BCUT2D eigenvalue weighted by atomic mass is 10.1. The van der Waals surface area contributed by atoms with Gasteiger partial charge >= 0.3 is 5.97 Å². The zero-order chi connectivity index (χ0) is 24.8. The van der Waals surface area contributed by atoms with E-state index in [0.29, 0.717) is 0 Å². The topological polar surface area (TPSA) is 117 Å². The lowest BCUT2D eigenvalue weighted by Crippen LogP contribution is -2.51. The molecule has 0 radical (unpaired) electrons. The lowest BCUT2D eigenvalue weighted by Gasteiger charge is -2.33. The first-order valence-electron chi connectivity index (χ1n) is 10.9. The Morgan fingerprint density at radius 1 is 0.886 bits per heavy atom. The van der Waals surface area contributed by atoms with Gasteiger partial charge in [0.05, 0.1) is 10.5 Å². The smallest absolute Gasteiger partial charge is 0.344 e. The first-order chi connectivity index (χ1) is 16.9. The molecule has 10 heteroatoms. The van der Waals surface area contributed by atoms with E-state index in [1.807, 2.05) is 30.3 Å². The van der Waals surface area contributed by atoms with Gasteiger partial charge in [0.2, 0.25) is 10.0 Å². The Morgan fingerprint density at radius 2 is 1.57 bits per heavy atom. The average molecular weight is 494 g/mol. The van der Waals surface area contributed by atoms with Gasteiger partial charge in [-0.15, -0.1) is 0 Å². The molecule has 0 spiro atoms. The Morgan fingerprint density at radius 3 is 2.31 bits per heavy atom. The molecule has 0 N–H and O–H groups in total. The standard InChI is InChI=1S/C25H23N3O6S/c26-16-21-7-3-4-8-23(21)33-18-25(30)34-17-24(29)27-11-13-28(14-12-27)35(31,32)22-10-9-19-5-1-2-6-20(19)15-22/h1-10,15H,11-14,17-18H2. The van der Waals surface area contributed by atoms with Gasteiger partial charge in [0.1, 0.15) is 11.8 Å². The highest BCUT2D eigenvalue weighted by atomic mass is 32.2. The maximum Gasteiger partial charge on any atom is 0.344 e. The normalized spacial score (nSPS) is 14.3. The van der Waals surface area contributed by atoms with Gasteiger partial charge in [-0.1, -0.05) is 42.5 Å².